The molecule has 0 heterocycles. The molecule has 0 unspecified atom stereocenters. The normalized spacial score (nSPS) is 19.2. The standard InChI is InChI=1S/C29H32O6S/c1-19-8-12-25(13-9-19)36(31,32)35-18-24(30)15-23-16-26(33-2)27-21-10-11-22(14-21)28(27)29(23)34-17-20-6-4-3-5-7-20/h3-9,12-13,16,21-22,24,30H,10-11,14-15,17-18H2,1-2H3/t21-,22+,24+/m1/s1. The molecule has 0 aliphatic heterocycles. The van der Waals surface area contributed by atoms with Gasteiger partial charge in [-0.2, -0.15) is 8.42 Å². The molecule has 190 valence electrons. The Morgan fingerprint density at radius 3 is 2.39 bits per heavy atom. The summed E-state index contributed by atoms with van der Waals surface area (Å²) in [6, 6.07) is 18.4. The van der Waals surface area contributed by atoms with Crippen LogP contribution in [-0.4, -0.2) is 33.3 Å². The van der Waals surface area contributed by atoms with E-state index in [1.165, 1.54) is 23.3 Å². The summed E-state index contributed by atoms with van der Waals surface area (Å²) in [5.74, 6) is 2.50. The maximum Gasteiger partial charge on any atom is 0.297 e. The third-order valence-corrected chi connectivity index (χ3v) is 8.57. The van der Waals surface area contributed by atoms with E-state index >= 15 is 0 Å². The smallest absolute Gasteiger partial charge is 0.297 e. The van der Waals surface area contributed by atoms with Gasteiger partial charge >= 0.3 is 0 Å². The summed E-state index contributed by atoms with van der Waals surface area (Å²) < 4.78 is 42.6. The Balaban J connectivity index is 1.38. The Hall–Kier alpha value is -2.87. The van der Waals surface area contributed by atoms with Crippen LogP contribution >= 0.6 is 0 Å². The maximum absolute atomic E-state index is 12.6. The van der Waals surface area contributed by atoms with E-state index in [9.17, 15) is 13.5 Å². The molecule has 0 aromatic heterocycles. The van der Waals surface area contributed by atoms with Gasteiger partial charge < -0.3 is 14.6 Å². The van der Waals surface area contributed by atoms with Crippen LogP contribution in [0.1, 0.15) is 58.9 Å². The van der Waals surface area contributed by atoms with Crippen LogP contribution in [0.25, 0.3) is 0 Å². The van der Waals surface area contributed by atoms with Gasteiger partial charge in [-0.25, -0.2) is 0 Å². The molecule has 2 bridgehead atoms. The molecule has 5 rings (SSSR count). The van der Waals surface area contributed by atoms with Crippen LogP contribution in [0.5, 0.6) is 11.5 Å². The molecule has 1 fully saturated rings. The Morgan fingerprint density at radius 2 is 1.69 bits per heavy atom. The molecular formula is C29H32O6S. The molecule has 0 saturated heterocycles. The number of hydrogen-bond acceptors (Lipinski definition) is 6. The lowest BCUT2D eigenvalue weighted by Crippen LogP contribution is -2.22. The minimum absolute atomic E-state index is 0.0717. The van der Waals surface area contributed by atoms with E-state index in [0.717, 1.165) is 47.5 Å². The molecule has 0 amide bonds. The summed E-state index contributed by atoms with van der Waals surface area (Å²) in [6.07, 6.45) is 2.52. The SMILES string of the molecule is COc1cc(C[C@H](O)COS(=O)(=O)c2ccc(C)cc2)c(OCc2ccccc2)c2c1[C@@H]1CC[C@H]2C1. The summed E-state index contributed by atoms with van der Waals surface area (Å²) in [5, 5.41) is 10.8. The minimum Gasteiger partial charge on any atom is -0.496 e. The molecule has 3 aromatic carbocycles. The predicted octanol–water partition coefficient (Wildman–Crippen LogP) is 5.26. The van der Waals surface area contributed by atoms with Crippen molar-refractivity contribution in [1.29, 1.82) is 0 Å². The molecule has 2 aliphatic carbocycles. The van der Waals surface area contributed by atoms with Crippen molar-refractivity contribution in [2.75, 3.05) is 13.7 Å². The number of methoxy groups -OCH3 is 1. The lowest BCUT2D eigenvalue weighted by Gasteiger charge is -2.25. The third kappa shape index (κ3) is 5.01. The zero-order valence-corrected chi connectivity index (χ0v) is 21.5. The Labute approximate surface area is 213 Å². The van der Waals surface area contributed by atoms with Gasteiger partial charge in [0, 0.05) is 23.1 Å². The summed E-state index contributed by atoms with van der Waals surface area (Å²) in [4.78, 5) is 0.0717. The topological polar surface area (TPSA) is 82.1 Å². The molecule has 2 aliphatic rings. The van der Waals surface area contributed by atoms with Crippen LogP contribution < -0.4 is 9.47 Å². The maximum atomic E-state index is 12.6. The third-order valence-electron chi connectivity index (χ3n) is 7.27. The number of aliphatic hydroxyl groups is 1. The lowest BCUT2D eigenvalue weighted by molar-refractivity contribution is 0.110. The van der Waals surface area contributed by atoms with Gasteiger partial charge in [-0.15, -0.1) is 0 Å². The highest BCUT2D eigenvalue weighted by Gasteiger charge is 2.42. The van der Waals surface area contributed by atoms with Crippen LogP contribution in [0.3, 0.4) is 0 Å². The number of rotatable bonds is 10. The first-order valence-electron chi connectivity index (χ1n) is 12.4. The largest absolute Gasteiger partial charge is 0.496 e. The van der Waals surface area contributed by atoms with Crippen LogP contribution in [0, 0.1) is 6.92 Å². The van der Waals surface area contributed by atoms with Gasteiger partial charge in [-0.3, -0.25) is 4.18 Å². The number of aliphatic hydroxyl groups excluding tert-OH is 1. The zero-order valence-electron chi connectivity index (χ0n) is 20.6. The Morgan fingerprint density at radius 1 is 1.00 bits per heavy atom. The highest BCUT2D eigenvalue weighted by Crippen LogP contribution is 2.59. The second-order valence-corrected chi connectivity index (χ2v) is 11.4. The van der Waals surface area contributed by atoms with Gasteiger partial charge in [0.25, 0.3) is 10.1 Å². The fraction of sp³-hybridized carbons (Fsp3) is 0.379. The first-order valence-corrected chi connectivity index (χ1v) is 13.8. The summed E-state index contributed by atoms with van der Waals surface area (Å²) in [7, 11) is -2.30. The highest BCUT2D eigenvalue weighted by atomic mass is 32.2. The molecule has 36 heavy (non-hydrogen) atoms. The predicted molar refractivity (Wildman–Crippen MR) is 137 cm³/mol. The molecule has 3 aromatic rings. The number of hydrogen-bond donors (Lipinski definition) is 1. The lowest BCUT2D eigenvalue weighted by atomic mass is 9.87. The van der Waals surface area contributed by atoms with E-state index in [4.69, 9.17) is 13.7 Å². The molecule has 7 heteroatoms. The van der Waals surface area contributed by atoms with E-state index in [-0.39, 0.29) is 17.9 Å². The van der Waals surface area contributed by atoms with E-state index in [0.29, 0.717) is 18.4 Å². The number of aryl methyl sites for hydroxylation is 1. The van der Waals surface area contributed by atoms with Crippen molar-refractivity contribution in [2.24, 2.45) is 0 Å². The second kappa shape index (κ2) is 10.2. The van der Waals surface area contributed by atoms with Crippen molar-refractivity contribution in [3.63, 3.8) is 0 Å². The zero-order chi connectivity index (χ0) is 25.3. The fourth-order valence-electron chi connectivity index (χ4n) is 5.54. The quantitative estimate of drug-likeness (QED) is 0.377. The van der Waals surface area contributed by atoms with Gasteiger partial charge in [0.2, 0.25) is 0 Å². The summed E-state index contributed by atoms with van der Waals surface area (Å²) in [6.45, 7) is 1.95. The van der Waals surface area contributed by atoms with E-state index < -0.39 is 16.2 Å². The van der Waals surface area contributed by atoms with Gasteiger partial charge in [-0.1, -0.05) is 48.0 Å². The van der Waals surface area contributed by atoms with E-state index in [2.05, 4.69) is 0 Å². The molecule has 3 atom stereocenters. The average Bonchev–Trinajstić information content (AvgIpc) is 3.50. The van der Waals surface area contributed by atoms with Crippen LogP contribution in [0.4, 0.5) is 0 Å². The molecule has 0 spiro atoms. The highest BCUT2D eigenvalue weighted by molar-refractivity contribution is 7.86. The van der Waals surface area contributed by atoms with Crippen molar-refractivity contribution in [3.8, 4) is 11.5 Å². The molecular weight excluding hydrogens is 476 g/mol. The van der Waals surface area contributed by atoms with Crippen LogP contribution in [0.2, 0.25) is 0 Å². The van der Waals surface area contributed by atoms with Crippen molar-refractivity contribution in [3.05, 3.63) is 88.5 Å². The molecule has 6 nitrogen and oxygen atoms in total. The van der Waals surface area contributed by atoms with Gasteiger partial charge in [0.1, 0.15) is 18.1 Å². The van der Waals surface area contributed by atoms with Crippen molar-refractivity contribution in [2.45, 2.75) is 62.0 Å². The van der Waals surface area contributed by atoms with Crippen molar-refractivity contribution >= 4 is 10.1 Å². The minimum atomic E-state index is -3.97. The fourth-order valence-corrected chi connectivity index (χ4v) is 6.48. The summed E-state index contributed by atoms with van der Waals surface area (Å²) in [5.41, 5.74) is 5.24. The first-order chi connectivity index (χ1) is 17.4. The van der Waals surface area contributed by atoms with Crippen LogP contribution in [-0.2, 0) is 27.3 Å². The molecule has 1 saturated carbocycles. The number of benzene rings is 3. The van der Waals surface area contributed by atoms with Crippen molar-refractivity contribution < 1.29 is 27.2 Å². The monoisotopic (exact) mass is 508 g/mol. The summed E-state index contributed by atoms with van der Waals surface area (Å²) >= 11 is 0. The average molecular weight is 509 g/mol. The number of ether oxygens (including phenoxy) is 2. The van der Waals surface area contributed by atoms with Gasteiger partial charge in [-0.05, 0) is 61.8 Å². The van der Waals surface area contributed by atoms with E-state index in [1.54, 1.807) is 19.2 Å². The van der Waals surface area contributed by atoms with Crippen molar-refractivity contribution in [1.82, 2.24) is 0 Å². The first kappa shape index (κ1) is 24.8. The van der Waals surface area contributed by atoms with E-state index in [1.807, 2.05) is 43.3 Å². The Kier molecular flexibility index (Phi) is 7.06. The molecule has 1 N–H and O–H groups in total. The Bertz CT molecular complexity index is 1320. The second-order valence-electron chi connectivity index (χ2n) is 9.79. The van der Waals surface area contributed by atoms with Gasteiger partial charge in [0.05, 0.1) is 24.7 Å². The van der Waals surface area contributed by atoms with Crippen LogP contribution in [0.15, 0.2) is 65.6 Å². The number of fused-ring (bicyclic) bond motifs is 5. The molecule has 0 radical (unpaired) electrons. The van der Waals surface area contributed by atoms with Gasteiger partial charge in [0.15, 0.2) is 0 Å².